The molecule has 332 valence electrons. The molecule has 0 aliphatic heterocycles. The van der Waals surface area contributed by atoms with Crippen molar-refractivity contribution in [2.75, 3.05) is 4.90 Å². The molecule has 0 radical (unpaired) electrons. The molecule has 70 heavy (non-hydrogen) atoms. The molecule has 0 unspecified atom stereocenters. The number of fused-ring (bicyclic) bond motifs is 10. The van der Waals surface area contributed by atoms with Crippen molar-refractivity contribution < 1.29 is 0 Å². The van der Waals surface area contributed by atoms with Crippen molar-refractivity contribution in [3.05, 3.63) is 241 Å². The Morgan fingerprint density at radius 3 is 1.86 bits per heavy atom. The van der Waals surface area contributed by atoms with E-state index < -0.39 is 0 Å². The van der Waals surface area contributed by atoms with Crippen LogP contribution < -0.4 is 4.90 Å². The minimum Gasteiger partial charge on any atom is -0.310 e. The van der Waals surface area contributed by atoms with Gasteiger partial charge >= 0.3 is 0 Å². The predicted octanol–water partition coefficient (Wildman–Crippen LogP) is 17.3. The largest absolute Gasteiger partial charge is 0.310 e. The van der Waals surface area contributed by atoms with Gasteiger partial charge in [0.25, 0.3) is 0 Å². The zero-order valence-electron chi connectivity index (χ0n) is 39.6. The van der Waals surface area contributed by atoms with Gasteiger partial charge in [-0.15, -0.1) is 0 Å². The SMILES string of the molecule is CC1(C)c2ccccc2-c2ccc(N(c3ccc4c(c3)c3ccc5ccccc5c3n4-c3nc4c5c(cccc5n3)C(C)(C)c3ccccc3-4)c3ccc(-c4ccccc4)cc3-c3ccccc3)cc21. The monoisotopic (exact) mass is 896 g/mol. The third-order valence-corrected chi connectivity index (χ3v) is 15.6. The summed E-state index contributed by atoms with van der Waals surface area (Å²) in [4.78, 5) is 13.6. The second kappa shape index (κ2) is 14.9. The lowest BCUT2D eigenvalue weighted by atomic mass is 9.70. The predicted molar refractivity (Wildman–Crippen MR) is 292 cm³/mol. The molecule has 0 spiro atoms. The summed E-state index contributed by atoms with van der Waals surface area (Å²) in [6, 6.07) is 80.1. The van der Waals surface area contributed by atoms with Gasteiger partial charge in [-0.1, -0.05) is 198 Å². The van der Waals surface area contributed by atoms with Gasteiger partial charge in [0.2, 0.25) is 5.95 Å². The zero-order chi connectivity index (χ0) is 46.9. The molecule has 0 fully saturated rings. The van der Waals surface area contributed by atoms with Gasteiger partial charge in [-0.3, -0.25) is 4.57 Å². The molecule has 14 rings (SSSR count). The van der Waals surface area contributed by atoms with E-state index in [9.17, 15) is 0 Å². The Kier molecular flexibility index (Phi) is 8.64. The third-order valence-electron chi connectivity index (χ3n) is 15.6. The first-order valence-electron chi connectivity index (χ1n) is 24.4. The summed E-state index contributed by atoms with van der Waals surface area (Å²) in [6.45, 7) is 9.37. The van der Waals surface area contributed by atoms with E-state index in [1.165, 1.54) is 49.9 Å². The van der Waals surface area contributed by atoms with Crippen LogP contribution in [-0.4, -0.2) is 14.5 Å². The number of nitrogens with zero attached hydrogens (tertiary/aromatic N) is 4. The van der Waals surface area contributed by atoms with Crippen molar-refractivity contribution in [2.24, 2.45) is 0 Å². The van der Waals surface area contributed by atoms with E-state index in [1.807, 2.05) is 0 Å². The summed E-state index contributed by atoms with van der Waals surface area (Å²) in [7, 11) is 0. The van der Waals surface area contributed by atoms with E-state index >= 15 is 0 Å². The van der Waals surface area contributed by atoms with Gasteiger partial charge in [0, 0.05) is 54.9 Å². The minimum absolute atomic E-state index is 0.179. The number of rotatable bonds is 6. The first kappa shape index (κ1) is 40.5. The highest BCUT2D eigenvalue weighted by molar-refractivity contribution is 6.19. The van der Waals surface area contributed by atoms with E-state index in [1.54, 1.807) is 0 Å². The Balaban J connectivity index is 1.05. The maximum atomic E-state index is 5.62. The molecule has 0 bridgehead atoms. The molecule has 4 heteroatoms. The highest BCUT2D eigenvalue weighted by Crippen LogP contribution is 2.53. The maximum absolute atomic E-state index is 5.62. The van der Waals surface area contributed by atoms with Crippen molar-refractivity contribution in [3.8, 4) is 50.6 Å². The summed E-state index contributed by atoms with van der Waals surface area (Å²) in [5, 5.41) is 5.74. The molecule has 4 nitrogen and oxygen atoms in total. The highest BCUT2D eigenvalue weighted by atomic mass is 15.2. The Hall–Kier alpha value is -8.60. The molecule has 12 aromatic rings. The van der Waals surface area contributed by atoms with Crippen molar-refractivity contribution in [2.45, 2.75) is 38.5 Å². The number of benzene rings is 10. The van der Waals surface area contributed by atoms with Crippen LogP contribution in [0.5, 0.6) is 0 Å². The lowest BCUT2D eigenvalue weighted by Gasteiger charge is -2.34. The van der Waals surface area contributed by atoms with Gasteiger partial charge in [0.1, 0.15) is 0 Å². The molecule has 0 amide bonds. The summed E-state index contributed by atoms with van der Waals surface area (Å²) >= 11 is 0. The molecule has 0 atom stereocenters. The molecule has 2 aromatic heterocycles. The number of hydrogen-bond acceptors (Lipinski definition) is 3. The summed E-state index contributed by atoms with van der Waals surface area (Å²) in [5.41, 5.74) is 20.6. The lowest BCUT2D eigenvalue weighted by molar-refractivity contribution is 0.643. The standard InChI is InChI=1S/C66H48N4/c1-65(2)55-27-16-14-25-51(55)62-61-56(65)28-17-29-58(61)67-64(68-62)70-60-37-33-45(39-53(60)50-34-30-43-22-11-12-23-47(43)63(50)70)69(46-32-35-49-48-24-13-15-26-54(48)66(3,4)57(49)40-46)59-36-31-44(41-18-7-5-8-19-41)38-52(59)42-20-9-6-10-21-42/h5-40H,1-4H3. The normalized spacial score (nSPS) is 13.9. The Morgan fingerprint density at radius 1 is 0.400 bits per heavy atom. The van der Waals surface area contributed by atoms with Crippen LogP contribution in [0, 0.1) is 0 Å². The van der Waals surface area contributed by atoms with E-state index in [0.29, 0.717) is 5.95 Å². The number of aromatic nitrogens is 3. The van der Waals surface area contributed by atoms with Gasteiger partial charge in [-0.2, -0.15) is 0 Å². The molecule has 0 N–H and O–H groups in total. The second-order valence-electron chi connectivity index (χ2n) is 20.2. The molecule has 10 aromatic carbocycles. The van der Waals surface area contributed by atoms with Crippen molar-refractivity contribution >= 4 is 60.5 Å². The fourth-order valence-corrected chi connectivity index (χ4v) is 12.1. The van der Waals surface area contributed by atoms with Gasteiger partial charge in [-0.25, -0.2) is 9.97 Å². The average Bonchev–Trinajstić information content (AvgIpc) is 3.86. The molecular weight excluding hydrogens is 849 g/mol. The lowest BCUT2D eigenvalue weighted by Crippen LogP contribution is -2.24. The van der Waals surface area contributed by atoms with Gasteiger partial charge < -0.3 is 4.90 Å². The summed E-state index contributed by atoms with van der Waals surface area (Å²) < 4.78 is 2.32. The third kappa shape index (κ3) is 5.83. The van der Waals surface area contributed by atoms with Crippen LogP contribution in [0.4, 0.5) is 17.1 Å². The minimum atomic E-state index is -0.194. The first-order valence-corrected chi connectivity index (χ1v) is 24.4. The summed E-state index contributed by atoms with van der Waals surface area (Å²) in [5.74, 6) is 0.665. The van der Waals surface area contributed by atoms with Gasteiger partial charge in [0.15, 0.2) is 0 Å². The van der Waals surface area contributed by atoms with E-state index in [0.717, 1.165) is 77.5 Å². The highest BCUT2D eigenvalue weighted by Gasteiger charge is 2.37. The van der Waals surface area contributed by atoms with Crippen molar-refractivity contribution in [1.82, 2.24) is 14.5 Å². The fourth-order valence-electron chi connectivity index (χ4n) is 12.1. The Bertz CT molecular complexity index is 4120. The van der Waals surface area contributed by atoms with Crippen LogP contribution in [0.15, 0.2) is 218 Å². The molecule has 2 aliphatic rings. The van der Waals surface area contributed by atoms with Crippen LogP contribution in [-0.2, 0) is 10.8 Å². The molecule has 2 aliphatic carbocycles. The van der Waals surface area contributed by atoms with Crippen LogP contribution in [0.25, 0.3) is 94.1 Å². The van der Waals surface area contributed by atoms with Crippen molar-refractivity contribution in [3.63, 3.8) is 0 Å². The first-order chi connectivity index (χ1) is 34.2. The molecular formula is C66H48N4. The average molecular weight is 897 g/mol. The van der Waals surface area contributed by atoms with E-state index in [4.69, 9.17) is 9.97 Å². The topological polar surface area (TPSA) is 34.0 Å². The Labute approximate surface area is 407 Å². The molecule has 0 saturated carbocycles. The van der Waals surface area contributed by atoms with Gasteiger partial charge in [0.05, 0.1) is 27.9 Å². The fraction of sp³-hybridized carbons (Fsp3) is 0.0909. The smallest absolute Gasteiger partial charge is 0.235 e. The maximum Gasteiger partial charge on any atom is 0.235 e. The van der Waals surface area contributed by atoms with E-state index in [-0.39, 0.29) is 10.8 Å². The van der Waals surface area contributed by atoms with Crippen LogP contribution in [0.3, 0.4) is 0 Å². The quantitative estimate of drug-likeness (QED) is 0.167. The molecule has 2 heterocycles. The number of anilines is 3. The van der Waals surface area contributed by atoms with Crippen LogP contribution in [0.2, 0.25) is 0 Å². The van der Waals surface area contributed by atoms with Gasteiger partial charge in [-0.05, 0) is 104 Å². The van der Waals surface area contributed by atoms with E-state index in [2.05, 4.69) is 256 Å². The van der Waals surface area contributed by atoms with Crippen LogP contribution >= 0.6 is 0 Å². The van der Waals surface area contributed by atoms with Crippen LogP contribution in [0.1, 0.15) is 49.9 Å². The summed E-state index contributed by atoms with van der Waals surface area (Å²) in [6.07, 6.45) is 0. The zero-order valence-corrected chi connectivity index (χ0v) is 39.6. The van der Waals surface area contributed by atoms with Crippen molar-refractivity contribution in [1.29, 1.82) is 0 Å². The Morgan fingerprint density at radius 2 is 1.04 bits per heavy atom. The number of hydrogen-bond donors (Lipinski definition) is 0. The second-order valence-corrected chi connectivity index (χ2v) is 20.2. The molecule has 0 saturated heterocycles.